The minimum Gasteiger partial charge on any atom is -0.481 e. The van der Waals surface area contributed by atoms with Crippen LogP contribution in [-0.2, 0) is 22.2 Å². The van der Waals surface area contributed by atoms with Crippen LogP contribution in [0.1, 0.15) is 31.4 Å². The van der Waals surface area contributed by atoms with Crippen LogP contribution in [0.5, 0.6) is 0 Å². The molecular weight excluding hydrogens is 335 g/mol. The minimum atomic E-state index is -4.37. The molecule has 3 unspecified atom stereocenters. The molecule has 1 amide bonds. The fourth-order valence-electron chi connectivity index (χ4n) is 3.29. The molecular formula is C18H22F3NO3. The first-order valence-electron chi connectivity index (χ1n) is 8.27. The first kappa shape index (κ1) is 19.3. The van der Waals surface area contributed by atoms with E-state index in [-0.39, 0.29) is 17.7 Å². The summed E-state index contributed by atoms with van der Waals surface area (Å²) in [6, 6.07) is 4.83. The van der Waals surface area contributed by atoms with Crippen molar-refractivity contribution in [1.82, 2.24) is 4.90 Å². The van der Waals surface area contributed by atoms with E-state index in [0.717, 1.165) is 12.1 Å². The van der Waals surface area contributed by atoms with Crippen LogP contribution in [0, 0.1) is 17.8 Å². The lowest BCUT2D eigenvalue weighted by Crippen LogP contribution is -2.47. The number of rotatable bonds is 4. The van der Waals surface area contributed by atoms with Crippen LogP contribution in [0.4, 0.5) is 13.2 Å². The van der Waals surface area contributed by atoms with Crippen LogP contribution in [0.15, 0.2) is 24.3 Å². The largest absolute Gasteiger partial charge is 0.481 e. The van der Waals surface area contributed by atoms with Crippen molar-refractivity contribution in [2.24, 2.45) is 17.8 Å². The highest BCUT2D eigenvalue weighted by atomic mass is 19.4. The molecule has 4 nitrogen and oxygen atoms in total. The van der Waals surface area contributed by atoms with Crippen molar-refractivity contribution in [1.29, 1.82) is 0 Å². The third-order valence-corrected chi connectivity index (χ3v) is 4.78. The summed E-state index contributed by atoms with van der Waals surface area (Å²) in [5.41, 5.74) is -0.0397. The molecule has 25 heavy (non-hydrogen) atoms. The lowest BCUT2D eigenvalue weighted by atomic mass is 9.86. The van der Waals surface area contributed by atoms with Gasteiger partial charge in [0, 0.05) is 19.0 Å². The first-order valence-corrected chi connectivity index (χ1v) is 8.27. The lowest BCUT2D eigenvalue weighted by molar-refractivity contribution is -0.149. The average Bonchev–Trinajstić information content (AvgIpc) is 2.53. The van der Waals surface area contributed by atoms with E-state index in [1.165, 1.54) is 12.1 Å². The molecule has 3 atom stereocenters. The second kappa shape index (κ2) is 7.45. The van der Waals surface area contributed by atoms with Gasteiger partial charge in [-0.05, 0) is 36.5 Å². The maximum atomic E-state index is 12.6. The van der Waals surface area contributed by atoms with Crippen molar-refractivity contribution in [3.8, 4) is 0 Å². The van der Waals surface area contributed by atoms with Gasteiger partial charge in [0.15, 0.2) is 0 Å². The summed E-state index contributed by atoms with van der Waals surface area (Å²) in [4.78, 5) is 25.3. The number of carboxylic acids is 1. The Bertz CT molecular complexity index is 627. The van der Waals surface area contributed by atoms with Crippen molar-refractivity contribution in [2.75, 3.05) is 13.1 Å². The van der Waals surface area contributed by atoms with Gasteiger partial charge in [-0.1, -0.05) is 26.0 Å². The smallest absolute Gasteiger partial charge is 0.416 e. The van der Waals surface area contributed by atoms with Gasteiger partial charge in [0.2, 0.25) is 5.91 Å². The normalized spacial score (nSPS) is 22.5. The van der Waals surface area contributed by atoms with Gasteiger partial charge < -0.3 is 10.0 Å². The number of benzene rings is 1. The molecule has 1 aromatic rings. The maximum Gasteiger partial charge on any atom is 0.416 e. The molecule has 0 saturated carbocycles. The Morgan fingerprint density at radius 3 is 2.36 bits per heavy atom. The van der Waals surface area contributed by atoms with E-state index in [2.05, 4.69) is 0 Å². The van der Waals surface area contributed by atoms with Gasteiger partial charge in [-0.25, -0.2) is 0 Å². The monoisotopic (exact) mass is 357 g/mol. The van der Waals surface area contributed by atoms with E-state index >= 15 is 0 Å². The van der Waals surface area contributed by atoms with Crippen molar-refractivity contribution in [3.05, 3.63) is 35.4 Å². The lowest BCUT2D eigenvalue weighted by Gasteiger charge is -2.36. The van der Waals surface area contributed by atoms with E-state index in [9.17, 15) is 22.8 Å². The summed E-state index contributed by atoms with van der Waals surface area (Å²) in [7, 11) is 0. The highest BCUT2D eigenvalue weighted by Crippen LogP contribution is 2.30. The highest BCUT2D eigenvalue weighted by Gasteiger charge is 2.34. The number of carbonyl (C=O) groups is 2. The number of nitrogens with zero attached hydrogens (tertiary/aromatic N) is 1. The van der Waals surface area contributed by atoms with Crippen molar-refractivity contribution >= 4 is 11.9 Å². The predicted molar refractivity (Wildman–Crippen MR) is 85.8 cm³/mol. The van der Waals surface area contributed by atoms with Gasteiger partial charge in [-0.2, -0.15) is 13.2 Å². The van der Waals surface area contributed by atoms with Crippen LogP contribution < -0.4 is 0 Å². The molecule has 138 valence electrons. The van der Waals surface area contributed by atoms with Gasteiger partial charge in [0.25, 0.3) is 0 Å². The quantitative estimate of drug-likeness (QED) is 0.898. The summed E-state index contributed by atoms with van der Waals surface area (Å²) in [5, 5.41) is 9.13. The van der Waals surface area contributed by atoms with Gasteiger partial charge in [-0.15, -0.1) is 0 Å². The molecule has 1 fully saturated rings. The second-order valence-corrected chi connectivity index (χ2v) is 6.79. The van der Waals surface area contributed by atoms with Crippen molar-refractivity contribution < 1.29 is 27.9 Å². The van der Waals surface area contributed by atoms with Gasteiger partial charge in [0.05, 0.1) is 11.5 Å². The van der Waals surface area contributed by atoms with E-state index < -0.39 is 23.6 Å². The molecule has 0 aliphatic carbocycles. The number of aliphatic carboxylic acids is 1. The van der Waals surface area contributed by atoms with Gasteiger partial charge in [0.1, 0.15) is 0 Å². The standard InChI is InChI=1S/C18H22F3NO3/c1-11(9-13-3-5-14(6-4-13)18(19,20)21)16(23)22-8-7-15(17(24)25)12(2)10-22/h3-6,11-12,15H,7-10H2,1-2H3,(H,24,25). The molecule has 0 aromatic heterocycles. The van der Waals surface area contributed by atoms with Crippen molar-refractivity contribution in [2.45, 2.75) is 32.9 Å². The zero-order valence-electron chi connectivity index (χ0n) is 14.2. The molecule has 1 saturated heterocycles. The Hall–Kier alpha value is -2.05. The first-order chi connectivity index (χ1) is 11.6. The van der Waals surface area contributed by atoms with Crippen LogP contribution in [0.25, 0.3) is 0 Å². The zero-order valence-corrected chi connectivity index (χ0v) is 14.2. The fraction of sp³-hybridized carbons (Fsp3) is 0.556. The minimum absolute atomic E-state index is 0.0874. The third-order valence-electron chi connectivity index (χ3n) is 4.78. The predicted octanol–water partition coefficient (Wildman–Crippen LogP) is 3.45. The van der Waals surface area contributed by atoms with E-state index in [1.54, 1.807) is 11.8 Å². The number of hydrogen-bond donors (Lipinski definition) is 1. The number of carboxylic acid groups (broad SMARTS) is 1. The molecule has 1 aliphatic heterocycles. The SMILES string of the molecule is CC(Cc1ccc(C(F)(F)F)cc1)C(=O)N1CCC(C(=O)O)C(C)C1. The number of likely N-dealkylation sites (tertiary alicyclic amines) is 1. The van der Waals surface area contributed by atoms with Crippen LogP contribution in [0.3, 0.4) is 0 Å². The Kier molecular flexibility index (Phi) is 5.75. The maximum absolute atomic E-state index is 12.6. The fourth-order valence-corrected chi connectivity index (χ4v) is 3.29. The third kappa shape index (κ3) is 4.74. The molecule has 2 rings (SSSR count). The molecule has 0 spiro atoms. The van der Waals surface area contributed by atoms with Crippen LogP contribution in [0.2, 0.25) is 0 Å². The summed E-state index contributed by atoms with van der Waals surface area (Å²) in [5.74, 6) is -1.85. The van der Waals surface area contributed by atoms with E-state index in [1.807, 2.05) is 6.92 Å². The highest BCUT2D eigenvalue weighted by molar-refractivity contribution is 5.79. The number of amides is 1. The molecule has 0 radical (unpaired) electrons. The van der Waals surface area contributed by atoms with Gasteiger partial charge in [-0.3, -0.25) is 9.59 Å². The van der Waals surface area contributed by atoms with Crippen LogP contribution in [-0.4, -0.2) is 35.0 Å². The number of halogens is 3. The summed E-state index contributed by atoms with van der Waals surface area (Å²) in [6.07, 6.45) is -3.59. The Labute approximate surface area is 144 Å². The molecule has 1 aliphatic rings. The van der Waals surface area contributed by atoms with E-state index in [4.69, 9.17) is 5.11 Å². The Morgan fingerprint density at radius 2 is 1.88 bits per heavy atom. The van der Waals surface area contributed by atoms with E-state index in [0.29, 0.717) is 31.5 Å². The topological polar surface area (TPSA) is 57.6 Å². The zero-order chi connectivity index (χ0) is 18.8. The average molecular weight is 357 g/mol. The molecule has 1 aromatic carbocycles. The molecule has 0 bridgehead atoms. The van der Waals surface area contributed by atoms with Crippen molar-refractivity contribution in [3.63, 3.8) is 0 Å². The Morgan fingerprint density at radius 1 is 1.28 bits per heavy atom. The summed E-state index contributed by atoms with van der Waals surface area (Å²) >= 11 is 0. The summed E-state index contributed by atoms with van der Waals surface area (Å²) < 4.78 is 37.7. The number of piperidine rings is 1. The Balaban J connectivity index is 1.95. The van der Waals surface area contributed by atoms with Gasteiger partial charge >= 0.3 is 12.1 Å². The number of alkyl halides is 3. The second-order valence-electron chi connectivity index (χ2n) is 6.79. The van der Waals surface area contributed by atoms with Crippen LogP contribution >= 0.6 is 0 Å². The number of carbonyl (C=O) groups excluding carboxylic acids is 1. The molecule has 1 N–H and O–H groups in total. The summed E-state index contributed by atoms with van der Waals surface area (Å²) in [6.45, 7) is 4.36. The number of hydrogen-bond acceptors (Lipinski definition) is 2. The molecule has 1 heterocycles. The molecule has 7 heteroatoms.